The van der Waals surface area contributed by atoms with Crippen molar-refractivity contribution in [3.8, 4) is 0 Å². The van der Waals surface area contributed by atoms with Gasteiger partial charge in [-0.3, -0.25) is 14.4 Å². The first-order chi connectivity index (χ1) is 14.5. The molecule has 3 amide bonds. The number of nitrogens with zero attached hydrogens (tertiary/aromatic N) is 2. The number of nitrogens with one attached hydrogen (secondary N) is 1. The molecule has 2 heterocycles. The van der Waals surface area contributed by atoms with Gasteiger partial charge in [0, 0.05) is 13.1 Å². The molecule has 6 nitrogen and oxygen atoms in total. The molecule has 30 heavy (non-hydrogen) atoms. The lowest BCUT2D eigenvalue weighted by Crippen LogP contribution is -2.48. The second-order valence-corrected chi connectivity index (χ2v) is 7.69. The molecule has 1 N–H and O–H groups in total. The van der Waals surface area contributed by atoms with Crippen molar-refractivity contribution in [1.82, 2.24) is 10.2 Å². The summed E-state index contributed by atoms with van der Waals surface area (Å²) in [6.45, 7) is 2.63. The van der Waals surface area contributed by atoms with E-state index < -0.39 is 11.9 Å². The van der Waals surface area contributed by atoms with Gasteiger partial charge < -0.3 is 15.1 Å². The first-order valence-electron chi connectivity index (χ1n) is 10.2. The van der Waals surface area contributed by atoms with Crippen LogP contribution in [0.15, 0.2) is 42.5 Å². The molecule has 2 aliphatic rings. The molecular weight excluding hydrogens is 385 g/mol. The third-order valence-corrected chi connectivity index (χ3v) is 5.77. The molecule has 2 aliphatic heterocycles. The topological polar surface area (TPSA) is 69.7 Å². The first kappa shape index (κ1) is 20.1. The Morgan fingerprint density at radius 3 is 2.60 bits per heavy atom. The predicted octanol–water partition coefficient (Wildman–Crippen LogP) is 2.66. The summed E-state index contributed by atoms with van der Waals surface area (Å²) < 4.78 is 14.0. The van der Waals surface area contributed by atoms with Crippen LogP contribution in [-0.2, 0) is 22.6 Å². The van der Waals surface area contributed by atoms with Crippen LogP contribution in [-0.4, -0.2) is 41.8 Å². The Labute approximate surface area is 174 Å². The molecule has 1 fully saturated rings. The van der Waals surface area contributed by atoms with Crippen LogP contribution in [0, 0.1) is 5.82 Å². The van der Waals surface area contributed by atoms with Crippen molar-refractivity contribution in [3.63, 3.8) is 0 Å². The second-order valence-electron chi connectivity index (χ2n) is 7.69. The molecule has 0 aliphatic carbocycles. The zero-order chi connectivity index (χ0) is 21.3. The van der Waals surface area contributed by atoms with Crippen LogP contribution >= 0.6 is 0 Å². The number of anilines is 1. The number of carbonyl (C=O) groups is 3. The van der Waals surface area contributed by atoms with E-state index in [-0.39, 0.29) is 35.5 Å². The smallest absolute Gasteiger partial charge is 0.256 e. The molecule has 156 valence electrons. The molecular formula is C23H24FN3O3. The van der Waals surface area contributed by atoms with E-state index in [9.17, 15) is 18.8 Å². The largest absolute Gasteiger partial charge is 0.350 e. The Hall–Kier alpha value is -3.22. The maximum Gasteiger partial charge on any atom is 0.256 e. The summed E-state index contributed by atoms with van der Waals surface area (Å²) in [6.07, 6.45) is 2.21. The standard InChI is InChI=1S/C23H24FN3O3/c1-2-15-5-7-16(8-6-15)13-25-21(28)14-27-20-12-17(24)9-10-18(20)22(29)26-11-3-4-19(26)23(27)30/h5-10,12,19H,2-4,11,13-14H2,1H3,(H,25,28)/t19-/m0/s1. The first-order valence-corrected chi connectivity index (χ1v) is 10.2. The number of carbonyl (C=O) groups excluding carboxylic acids is 3. The summed E-state index contributed by atoms with van der Waals surface area (Å²) in [5.74, 6) is -1.55. The average molecular weight is 409 g/mol. The van der Waals surface area contributed by atoms with Gasteiger partial charge in [0.25, 0.3) is 5.91 Å². The van der Waals surface area contributed by atoms with Gasteiger partial charge in [0.1, 0.15) is 18.4 Å². The summed E-state index contributed by atoms with van der Waals surface area (Å²) >= 11 is 0. The molecule has 0 spiro atoms. The number of hydrogen-bond donors (Lipinski definition) is 1. The van der Waals surface area contributed by atoms with Crippen molar-refractivity contribution in [3.05, 3.63) is 65.0 Å². The molecule has 0 bridgehead atoms. The lowest BCUT2D eigenvalue weighted by molar-refractivity contribution is -0.125. The maximum atomic E-state index is 14.0. The number of fused-ring (bicyclic) bond motifs is 2. The fraction of sp³-hybridized carbons (Fsp3) is 0.348. The molecule has 4 rings (SSSR count). The van der Waals surface area contributed by atoms with Gasteiger partial charge in [-0.1, -0.05) is 31.2 Å². The van der Waals surface area contributed by atoms with Crippen LogP contribution in [0.1, 0.15) is 41.3 Å². The van der Waals surface area contributed by atoms with Gasteiger partial charge in [-0.15, -0.1) is 0 Å². The van der Waals surface area contributed by atoms with Gasteiger partial charge in [0.15, 0.2) is 0 Å². The summed E-state index contributed by atoms with van der Waals surface area (Å²) in [4.78, 5) is 41.5. The average Bonchev–Trinajstić information content (AvgIpc) is 3.23. The summed E-state index contributed by atoms with van der Waals surface area (Å²) in [5, 5.41) is 2.82. The molecule has 0 radical (unpaired) electrons. The van der Waals surface area contributed by atoms with Crippen molar-refractivity contribution < 1.29 is 18.8 Å². The number of benzene rings is 2. The highest BCUT2D eigenvalue weighted by Gasteiger charge is 2.42. The van der Waals surface area contributed by atoms with Crippen molar-refractivity contribution >= 4 is 23.4 Å². The Morgan fingerprint density at radius 1 is 1.13 bits per heavy atom. The highest BCUT2D eigenvalue weighted by Crippen LogP contribution is 2.32. The van der Waals surface area contributed by atoms with Gasteiger partial charge in [-0.25, -0.2) is 4.39 Å². The quantitative estimate of drug-likeness (QED) is 0.826. The number of hydrogen-bond acceptors (Lipinski definition) is 3. The fourth-order valence-electron chi connectivity index (χ4n) is 4.08. The van der Waals surface area contributed by atoms with E-state index in [0.29, 0.717) is 19.5 Å². The number of halogens is 1. The van der Waals surface area contributed by atoms with Gasteiger partial charge >= 0.3 is 0 Å². The van der Waals surface area contributed by atoms with Crippen molar-refractivity contribution in [2.24, 2.45) is 0 Å². The molecule has 1 saturated heterocycles. The van der Waals surface area contributed by atoms with Gasteiger partial charge in [-0.05, 0) is 48.6 Å². The van der Waals surface area contributed by atoms with Crippen LogP contribution in [0.5, 0.6) is 0 Å². The van der Waals surface area contributed by atoms with E-state index in [4.69, 9.17) is 0 Å². The summed E-state index contributed by atoms with van der Waals surface area (Å²) in [7, 11) is 0. The van der Waals surface area contributed by atoms with Crippen LogP contribution in [0.4, 0.5) is 10.1 Å². The summed E-state index contributed by atoms with van der Waals surface area (Å²) in [5.41, 5.74) is 2.56. The molecule has 0 saturated carbocycles. The Bertz CT molecular complexity index is 990. The van der Waals surface area contributed by atoms with Crippen molar-refractivity contribution in [2.45, 2.75) is 38.8 Å². The van der Waals surface area contributed by atoms with Crippen LogP contribution in [0.3, 0.4) is 0 Å². The maximum absolute atomic E-state index is 14.0. The highest BCUT2D eigenvalue weighted by atomic mass is 19.1. The molecule has 1 atom stereocenters. The zero-order valence-corrected chi connectivity index (χ0v) is 16.9. The molecule has 2 aromatic rings. The zero-order valence-electron chi connectivity index (χ0n) is 16.9. The highest BCUT2D eigenvalue weighted by molar-refractivity contribution is 6.12. The third kappa shape index (κ3) is 3.79. The number of rotatable bonds is 5. The SMILES string of the molecule is CCc1ccc(CNC(=O)CN2C(=O)[C@@H]3CCCN3C(=O)c3ccc(F)cc32)cc1. The Morgan fingerprint density at radius 2 is 1.87 bits per heavy atom. The molecule has 7 heteroatoms. The number of aryl methyl sites for hydroxylation is 1. The van der Waals surface area contributed by atoms with E-state index in [1.54, 1.807) is 0 Å². The van der Waals surface area contributed by atoms with Crippen LogP contribution in [0.25, 0.3) is 0 Å². The van der Waals surface area contributed by atoms with Gasteiger partial charge in [-0.2, -0.15) is 0 Å². The lowest BCUT2D eigenvalue weighted by atomic mass is 10.1. The van der Waals surface area contributed by atoms with E-state index in [1.165, 1.54) is 27.5 Å². The van der Waals surface area contributed by atoms with E-state index in [2.05, 4.69) is 12.2 Å². The third-order valence-electron chi connectivity index (χ3n) is 5.77. The van der Waals surface area contributed by atoms with Gasteiger partial charge in [0.2, 0.25) is 11.8 Å². The monoisotopic (exact) mass is 409 g/mol. The molecule has 2 aromatic carbocycles. The molecule has 0 aromatic heterocycles. The Kier molecular flexibility index (Phi) is 5.53. The van der Waals surface area contributed by atoms with Crippen LogP contribution < -0.4 is 10.2 Å². The van der Waals surface area contributed by atoms with E-state index in [0.717, 1.165) is 24.5 Å². The van der Waals surface area contributed by atoms with Crippen molar-refractivity contribution in [1.29, 1.82) is 0 Å². The van der Waals surface area contributed by atoms with E-state index in [1.807, 2.05) is 24.3 Å². The Balaban J connectivity index is 1.54. The predicted molar refractivity (Wildman–Crippen MR) is 110 cm³/mol. The fourth-order valence-corrected chi connectivity index (χ4v) is 4.08. The van der Waals surface area contributed by atoms with Gasteiger partial charge in [0.05, 0.1) is 11.3 Å². The minimum atomic E-state index is -0.609. The molecule has 0 unspecified atom stereocenters. The normalized spacial score (nSPS) is 18.1. The van der Waals surface area contributed by atoms with E-state index >= 15 is 0 Å². The lowest BCUT2D eigenvalue weighted by Gasteiger charge is -2.25. The second kappa shape index (κ2) is 8.26. The van der Waals surface area contributed by atoms with Crippen LogP contribution in [0.2, 0.25) is 0 Å². The number of amides is 3. The minimum Gasteiger partial charge on any atom is -0.350 e. The minimum absolute atomic E-state index is 0.154. The van der Waals surface area contributed by atoms with Crippen molar-refractivity contribution in [2.75, 3.05) is 18.0 Å². The summed E-state index contributed by atoms with van der Waals surface area (Å²) in [6, 6.07) is 11.1.